The van der Waals surface area contributed by atoms with E-state index in [-0.39, 0.29) is 18.1 Å². The van der Waals surface area contributed by atoms with Gasteiger partial charge in [-0.1, -0.05) is 68.0 Å². The number of esters is 1. The average Bonchev–Trinajstić information content (AvgIpc) is 2.86. The number of hydrogen-bond donors (Lipinski definition) is 1. The van der Waals surface area contributed by atoms with E-state index in [1.54, 1.807) is 0 Å². The molecule has 1 aliphatic heterocycles. The van der Waals surface area contributed by atoms with Gasteiger partial charge in [0, 0.05) is 36.2 Å². The van der Waals surface area contributed by atoms with Crippen LogP contribution in [0, 0.1) is 11.8 Å². The summed E-state index contributed by atoms with van der Waals surface area (Å²) >= 11 is 0. The number of hydrogen-bond acceptors (Lipinski definition) is 4. The molecule has 1 aromatic heterocycles. The van der Waals surface area contributed by atoms with Gasteiger partial charge in [0.05, 0.1) is 5.52 Å². The Hall–Kier alpha value is -2.98. The number of nitrogens with one attached hydrogen (secondary N) is 1. The third kappa shape index (κ3) is 5.08. The van der Waals surface area contributed by atoms with Crippen molar-refractivity contribution in [3.05, 3.63) is 90.6 Å². The Bertz CT molecular complexity index is 1040. The highest BCUT2D eigenvalue weighted by molar-refractivity contribution is 5.82. The minimum absolute atomic E-state index is 0.0580. The number of ether oxygens (including phenoxy) is 1. The fourth-order valence-corrected chi connectivity index (χ4v) is 4.83. The van der Waals surface area contributed by atoms with Crippen molar-refractivity contribution in [3.8, 4) is 0 Å². The first-order chi connectivity index (χ1) is 15.7. The van der Waals surface area contributed by atoms with Crippen LogP contribution in [0.15, 0.2) is 79.5 Å². The molecule has 4 rings (SSSR count). The van der Waals surface area contributed by atoms with E-state index in [0.717, 1.165) is 41.4 Å². The molecule has 3 aromatic rings. The molecule has 0 bridgehead atoms. The molecule has 1 N–H and O–H groups in total. The number of rotatable bonds is 8. The number of carbonyl (C=O) groups excluding carboxylic acids is 1. The molecule has 0 spiro atoms. The fourth-order valence-electron chi connectivity index (χ4n) is 4.83. The minimum atomic E-state index is -0.356. The van der Waals surface area contributed by atoms with Crippen molar-refractivity contribution in [2.45, 2.75) is 44.8 Å². The first kappa shape index (κ1) is 22.2. The number of pyridine rings is 1. The summed E-state index contributed by atoms with van der Waals surface area (Å²) in [5.41, 5.74) is 3.08. The van der Waals surface area contributed by atoms with Gasteiger partial charge in [0.1, 0.15) is 6.10 Å². The Labute approximate surface area is 190 Å². The molecule has 166 valence electrons. The molecule has 2 aromatic carbocycles. The molecule has 1 fully saturated rings. The highest BCUT2D eigenvalue weighted by atomic mass is 16.5. The number of aromatic nitrogens is 1. The summed E-state index contributed by atoms with van der Waals surface area (Å²) in [5.74, 6) is 0.803. The lowest BCUT2D eigenvalue weighted by molar-refractivity contribution is -0.151. The van der Waals surface area contributed by atoms with Crippen molar-refractivity contribution in [1.82, 2.24) is 10.3 Å². The zero-order chi connectivity index (χ0) is 22.3. The van der Waals surface area contributed by atoms with Crippen LogP contribution in [0.3, 0.4) is 0 Å². The van der Waals surface area contributed by atoms with E-state index < -0.39 is 0 Å². The second-order valence-electron chi connectivity index (χ2n) is 8.63. The fraction of sp³-hybridized carbons (Fsp3) is 0.357. The van der Waals surface area contributed by atoms with Crippen LogP contribution in [0.4, 0.5) is 0 Å². The Morgan fingerprint density at radius 3 is 2.75 bits per heavy atom. The Morgan fingerprint density at radius 2 is 1.97 bits per heavy atom. The van der Waals surface area contributed by atoms with Gasteiger partial charge in [0.15, 0.2) is 0 Å². The van der Waals surface area contributed by atoms with Crippen LogP contribution in [-0.2, 0) is 16.0 Å². The van der Waals surface area contributed by atoms with Gasteiger partial charge in [-0.15, -0.1) is 6.58 Å². The molecule has 4 atom stereocenters. The predicted molar refractivity (Wildman–Crippen MR) is 129 cm³/mol. The highest BCUT2D eigenvalue weighted by Gasteiger charge is 2.35. The van der Waals surface area contributed by atoms with Gasteiger partial charge in [0.2, 0.25) is 0 Å². The summed E-state index contributed by atoms with van der Waals surface area (Å²) in [5, 5.41) is 4.70. The van der Waals surface area contributed by atoms with Gasteiger partial charge in [-0.2, -0.15) is 0 Å². The Morgan fingerprint density at radius 1 is 1.19 bits per heavy atom. The van der Waals surface area contributed by atoms with Crippen molar-refractivity contribution >= 4 is 16.9 Å². The third-order valence-electron chi connectivity index (χ3n) is 6.68. The quantitative estimate of drug-likeness (QED) is 0.372. The maximum atomic E-state index is 13.0. The monoisotopic (exact) mass is 428 g/mol. The van der Waals surface area contributed by atoms with Gasteiger partial charge in [-0.3, -0.25) is 9.78 Å². The molecule has 1 aliphatic rings. The second kappa shape index (κ2) is 10.6. The number of piperidine rings is 1. The molecule has 0 unspecified atom stereocenters. The van der Waals surface area contributed by atoms with Crippen LogP contribution < -0.4 is 5.32 Å². The number of carbonyl (C=O) groups is 1. The molecule has 0 radical (unpaired) electrons. The van der Waals surface area contributed by atoms with E-state index >= 15 is 0 Å². The molecule has 0 aliphatic carbocycles. The van der Waals surface area contributed by atoms with E-state index in [4.69, 9.17) is 4.74 Å². The van der Waals surface area contributed by atoms with Gasteiger partial charge in [-0.25, -0.2) is 0 Å². The van der Waals surface area contributed by atoms with E-state index in [1.165, 1.54) is 0 Å². The van der Waals surface area contributed by atoms with Gasteiger partial charge >= 0.3 is 5.97 Å². The third-order valence-corrected chi connectivity index (χ3v) is 6.68. The standard InChI is InChI=1S/C28H32N2O2/c1-3-21-18-26(30-19-22(21)4-2)28(24-16-17-29-25-13-9-8-12-23(24)25)32-27(31)15-14-20-10-6-5-7-11-20/h4-13,16-17,21-22,26,28,30H,2-3,14-15,18-19H2,1H3/t21-,22-,26+,28-/m0/s1. The minimum Gasteiger partial charge on any atom is -0.456 e. The van der Waals surface area contributed by atoms with E-state index in [2.05, 4.69) is 35.9 Å². The molecule has 0 saturated carbocycles. The number of aryl methyl sites for hydroxylation is 1. The topological polar surface area (TPSA) is 51.2 Å². The molecule has 32 heavy (non-hydrogen) atoms. The smallest absolute Gasteiger partial charge is 0.306 e. The lowest BCUT2D eigenvalue weighted by atomic mass is 9.79. The maximum absolute atomic E-state index is 13.0. The van der Waals surface area contributed by atoms with Crippen LogP contribution in [-0.4, -0.2) is 23.5 Å². The van der Waals surface area contributed by atoms with Crippen LogP contribution in [0.25, 0.3) is 10.9 Å². The molecular formula is C28H32N2O2. The first-order valence-electron chi connectivity index (χ1n) is 11.6. The lowest BCUT2D eigenvalue weighted by Gasteiger charge is -2.39. The molecule has 2 heterocycles. The molecule has 1 saturated heterocycles. The predicted octanol–water partition coefficient (Wildman–Crippen LogP) is 5.64. The summed E-state index contributed by atoms with van der Waals surface area (Å²) in [4.78, 5) is 17.5. The summed E-state index contributed by atoms with van der Waals surface area (Å²) in [6.45, 7) is 7.10. The summed E-state index contributed by atoms with van der Waals surface area (Å²) in [6.07, 6.45) is 6.59. The second-order valence-corrected chi connectivity index (χ2v) is 8.63. The number of fused-ring (bicyclic) bond motifs is 1. The van der Waals surface area contributed by atoms with Crippen LogP contribution in [0.1, 0.15) is 43.4 Å². The molecule has 0 amide bonds. The largest absolute Gasteiger partial charge is 0.456 e. The highest BCUT2D eigenvalue weighted by Crippen LogP contribution is 2.36. The number of para-hydroxylation sites is 1. The van der Waals surface area contributed by atoms with Crippen LogP contribution in [0.2, 0.25) is 0 Å². The first-order valence-corrected chi connectivity index (χ1v) is 11.6. The summed E-state index contributed by atoms with van der Waals surface area (Å²) in [7, 11) is 0. The summed E-state index contributed by atoms with van der Waals surface area (Å²) in [6, 6.07) is 20.2. The lowest BCUT2D eigenvalue weighted by Crippen LogP contribution is -2.47. The molecule has 4 heteroatoms. The Kier molecular flexibility index (Phi) is 7.33. The van der Waals surface area contributed by atoms with Crippen molar-refractivity contribution in [1.29, 1.82) is 0 Å². The average molecular weight is 429 g/mol. The van der Waals surface area contributed by atoms with E-state index in [9.17, 15) is 4.79 Å². The molecule has 4 nitrogen and oxygen atoms in total. The van der Waals surface area contributed by atoms with Crippen molar-refractivity contribution in [2.24, 2.45) is 11.8 Å². The van der Waals surface area contributed by atoms with Crippen LogP contribution in [0.5, 0.6) is 0 Å². The number of nitrogens with zero attached hydrogens (tertiary/aromatic N) is 1. The van der Waals surface area contributed by atoms with Gasteiger partial charge in [-0.05, 0) is 42.4 Å². The van der Waals surface area contributed by atoms with Gasteiger partial charge < -0.3 is 10.1 Å². The maximum Gasteiger partial charge on any atom is 0.306 e. The van der Waals surface area contributed by atoms with Gasteiger partial charge in [0.25, 0.3) is 0 Å². The SMILES string of the molecule is C=C[C@H]1CN[C@@H]([C@@H](OC(=O)CCc2ccccc2)c2ccnc3ccccc23)C[C@@H]1CC. The zero-order valence-electron chi connectivity index (χ0n) is 18.7. The van der Waals surface area contributed by atoms with E-state index in [1.807, 2.05) is 60.8 Å². The van der Waals surface area contributed by atoms with Crippen molar-refractivity contribution in [2.75, 3.05) is 6.54 Å². The summed E-state index contributed by atoms with van der Waals surface area (Å²) < 4.78 is 6.21. The normalized spacial score (nSPS) is 21.7. The Balaban J connectivity index is 1.59. The van der Waals surface area contributed by atoms with Crippen molar-refractivity contribution < 1.29 is 9.53 Å². The van der Waals surface area contributed by atoms with Crippen LogP contribution >= 0.6 is 0 Å². The van der Waals surface area contributed by atoms with Crippen molar-refractivity contribution in [3.63, 3.8) is 0 Å². The zero-order valence-corrected chi connectivity index (χ0v) is 18.7. The molecular weight excluding hydrogens is 396 g/mol. The number of benzene rings is 2. The van der Waals surface area contributed by atoms with E-state index in [0.29, 0.717) is 24.7 Å².